The molecule has 1 saturated heterocycles. The van der Waals surface area contributed by atoms with Crippen LogP contribution < -0.4 is 10.1 Å². The Kier molecular flexibility index (Phi) is 5.09. The molecule has 112 valence electrons. The van der Waals surface area contributed by atoms with Gasteiger partial charge in [-0.05, 0) is 37.6 Å². The average Bonchev–Trinajstić information content (AvgIpc) is 2.70. The topological polar surface area (TPSA) is 55.4 Å². The van der Waals surface area contributed by atoms with Gasteiger partial charge < -0.3 is 10.1 Å². The molecule has 1 aromatic rings. The standard InChI is InChI=1S/C14H20BrNO3S/c1-3-16-8-11-7-12(15)6-10(2)14(11)19-13-4-5-20(17,18)9-13/h6-7,13,16H,3-5,8-9H2,1-2H3. The second kappa shape index (κ2) is 6.45. The molecule has 2 rings (SSSR count). The first-order valence-electron chi connectivity index (χ1n) is 6.78. The van der Waals surface area contributed by atoms with Crippen LogP contribution in [0.5, 0.6) is 5.75 Å². The van der Waals surface area contributed by atoms with Crippen molar-refractivity contribution >= 4 is 25.8 Å². The van der Waals surface area contributed by atoms with E-state index in [0.717, 1.165) is 27.9 Å². The number of sulfone groups is 1. The number of benzene rings is 1. The van der Waals surface area contributed by atoms with E-state index in [1.807, 2.05) is 19.1 Å². The van der Waals surface area contributed by atoms with Crippen LogP contribution in [0, 0.1) is 6.92 Å². The molecule has 0 radical (unpaired) electrons. The molecule has 0 amide bonds. The molecule has 1 heterocycles. The minimum absolute atomic E-state index is 0.128. The van der Waals surface area contributed by atoms with Crippen molar-refractivity contribution in [2.24, 2.45) is 0 Å². The second-order valence-corrected chi connectivity index (χ2v) is 8.28. The van der Waals surface area contributed by atoms with Gasteiger partial charge in [-0.3, -0.25) is 0 Å². The third-order valence-corrected chi connectivity index (χ3v) is 5.55. The van der Waals surface area contributed by atoms with Crippen LogP contribution in [-0.4, -0.2) is 32.6 Å². The van der Waals surface area contributed by atoms with E-state index in [9.17, 15) is 8.42 Å². The fourth-order valence-corrected chi connectivity index (χ4v) is 4.59. The van der Waals surface area contributed by atoms with E-state index in [4.69, 9.17) is 4.74 Å². The van der Waals surface area contributed by atoms with Gasteiger partial charge in [-0.2, -0.15) is 0 Å². The average molecular weight is 362 g/mol. The number of rotatable bonds is 5. The summed E-state index contributed by atoms with van der Waals surface area (Å²) in [6.45, 7) is 5.63. The smallest absolute Gasteiger partial charge is 0.154 e. The zero-order valence-electron chi connectivity index (χ0n) is 11.8. The first kappa shape index (κ1) is 15.8. The molecular formula is C14H20BrNO3S. The summed E-state index contributed by atoms with van der Waals surface area (Å²) in [6.07, 6.45) is 0.360. The normalized spacial score (nSPS) is 21.1. The molecule has 1 fully saturated rings. The summed E-state index contributed by atoms with van der Waals surface area (Å²) >= 11 is 3.49. The van der Waals surface area contributed by atoms with E-state index in [2.05, 4.69) is 28.2 Å². The first-order chi connectivity index (χ1) is 9.41. The third kappa shape index (κ3) is 3.96. The van der Waals surface area contributed by atoms with Gasteiger partial charge in [0.1, 0.15) is 11.9 Å². The predicted molar refractivity (Wildman–Crippen MR) is 83.9 cm³/mol. The second-order valence-electron chi connectivity index (χ2n) is 5.13. The first-order valence-corrected chi connectivity index (χ1v) is 9.39. The number of nitrogens with one attached hydrogen (secondary N) is 1. The monoisotopic (exact) mass is 361 g/mol. The Morgan fingerprint density at radius 2 is 2.20 bits per heavy atom. The van der Waals surface area contributed by atoms with Gasteiger partial charge in [0, 0.05) is 16.6 Å². The van der Waals surface area contributed by atoms with Crippen LogP contribution in [0.2, 0.25) is 0 Å². The van der Waals surface area contributed by atoms with Crippen molar-refractivity contribution in [3.63, 3.8) is 0 Å². The zero-order valence-corrected chi connectivity index (χ0v) is 14.2. The Labute approximate surface area is 129 Å². The minimum Gasteiger partial charge on any atom is -0.489 e. The van der Waals surface area contributed by atoms with Crippen LogP contribution in [0.25, 0.3) is 0 Å². The molecule has 1 atom stereocenters. The predicted octanol–water partition coefficient (Wildman–Crippen LogP) is 2.43. The maximum absolute atomic E-state index is 11.5. The van der Waals surface area contributed by atoms with Gasteiger partial charge in [0.05, 0.1) is 11.5 Å². The molecule has 0 bridgehead atoms. The number of ether oxygens (including phenoxy) is 1. The number of aryl methyl sites for hydroxylation is 1. The van der Waals surface area contributed by atoms with Crippen molar-refractivity contribution in [2.45, 2.75) is 32.9 Å². The summed E-state index contributed by atoms with van der Waals surface area (Å²) in [5.41, 5.74) is 2.08. The molecule has 4 nitrogen and oxygen atoms in total. The van der Waals surface area contributed by atoms with Gasteiger partial charge >= 0.3 is 0 Å². The molecular weight excluding hydrogens is 342 g/mol. The third-order valence-electron chi connectivity index (χ3n) is 3.36. The molecule has 6 heteroatoms. The lowest BCUT2D eigenvalue weighted by atomic mass is 10.1. The largest absolute Gasteiger partial charge is 0.489 e. The van der Waals surface area contributed by atoms with Crippen LogP contribution in [0.3, 0.4) is 0 Å². The summed E-state index contributed by atoms with van der Waals surface area (Å²) in [4.78, 5) is 0. The maximum Gasteiger partial charge on any atom is 0.154 e. The molecule has 1 aromatic carbocycles. The quantitative estimate of drug-likeness (QED) is 0.874. The van der Waals surface area contributed by atoms with Crippen molar-refractivity contribution < 1.29 is 13.2 Å². The van der Waals surface area contributed by atoms with E-state index in [1.54, 1.807) is 0 Å². The molecule has 0 aliphatic carbocycles. The highest BCUT2D eigenvalue weighted by Gasteiger charge is 2.30. The lowest BCUT2D eigenvalue weighted by Gasteiger charge is -2.19. The van der Waals surface area contributed by atoms with Crippen LogP contribution in [-0.2, 0) is 16.4 Å². The maximum atomic E-state index is 11.5. The Balaban J connectivity index is 2.21. The molecule has 1 aliphatic heterocycles. The van der Waals surface area contributed by atoms with E-state index >= 15 is 0 Å². The van der Waals surface area contributed by atoms with Crippen LogP contribution in [0.4, 0.5) is 0 Å². The van der Waals surface area contributed by atoms with Crippen molar-refractivity contribution in [1.82, 2.24) is 5.32 Å². The molecule has 0 spiro atoms. The number of halogens is 1. The van der Waals surface area contributed by atoms with E-state index in [-0.39, 0.29) is 17.6 Å². The van der Waals surface area contributed by atoms with Crippen LogP contribution in [0.1, 0.15) is 24.5 Å². The van der Waals surface area contributed by atoms with Gasteiger partial charge in [-0.25, -0.2) is 8.42 Å². The Morgan fingerprint density at radius 1 is 1.45 bits per heavy atom. The van der Waals surface area contributed by atoms with Gasteiger partial charge in [0.2, 0.25) is 0 Å². The Bertz CT molecular complexity index is 586. The lowest BCUT2D eigenvalue weighted by Crippen LogP contribution is -2.20. The van der Waals surface area contributed by atoms with Crippen molar-refractivity contribution in [2.75, 3.05) is 18.1 Å². The SMILES string of the molecule is CCNCc1cc(Br)cc(C)c1OC1CCS(=O)(=O)C1. The highest BCUT2D eigenvalue weighted by atomic mass is 79.9. The molecule has 0 saturated carbocycles. The molecule has 1 aliphatic rings. The van der Waals surface area contributed by atoms with E-state index in [0.29, 0.717) is 13.0 Å². The lowest BCUT2D eigenvalue weighted by molar-refractivity contribution is 0.224. The zero-order chi connectivity index (χ0) is 14.8. The summed E-state index contributed by atoms with van der Waals surface area (Å²) < 4.78 is 30.0. The van der Waals surface area contributed by atoms with Gasteiger partial charge in [-0.15, -0.1) is 0 Å². The van der Waals surface area contributed by atoms with Gasteiger partial charge in [0.15, 0.2) is 9.84 Å². The number of hydrogen-bond donors (Lipinski definition) is 1. The van der Waals surface area contributed by atoms with Crippen molar-refractivity contribution in [1.29, 1.82) is 0 Å². The Hall–Kier alpha value is -0.590. The number of hydrogen-bond acceptors (Lipinski definition) is 4. The fraction of sp³-hybridized carbons (Fsp3) is 0.571. The Morgan fingerprint density at radius 3 is 2.80 bits per heavy atom. The summed E-state index contributed by atoms with van der Waals surface area (Å²) in [5.74, 6) is 1.18. The minimum atomic E-state index is -2.92. The molecule has 1 unspecified atom stereocenters. The fourth-order valence-electron chi connectivity index (χ4n) is 2.38. The van der Waals surface area contributed by atoms with E-state index < -0.39 is 9.84 Å². The van der Waals surface area contributed by atoms with Crippen LogP contribution in [0.15, 0.2) is 16.6 Å². The highest BCUT2D eigenvalue weighted by molar-refractivity contribution is 9.10. The summed E-state index contributed by atoms with van der Waals surface area (Å²) in [5, 5.41) is 3.28. The molecule has 1 N–H and O–H groups in total. The van der Waals surface area contributed by atoms with E-state index in [1.165, 1.54) is 0 Å². The van der Waals surface area contributed by atoms with Crippen LogP contribution >= 0.6 is 15.9 Å². The van der Waals surface area contributed by atoms with Gasteiger partial charge in [0.25, 0.3) is 0 Å². The van der Waals surface area contributed by atoms with Gasteiger partial charge in [-0.1, -0.05) is 22.9 Å². The van der Waals surface area contributed by atoms with Crippen molar-refractivity contribution in [3.05, 3.63) is 27.7 Å². The summed E-state index contributed by atoms with van der Waals surface area (Å²) in [7, 11) is -2.92. The molecule has 0 aromatic heterocycles. The summed E-state index contributed by atoms with van der Waals surface area (Å²) in [6, 6.07) is 4.02. The van der Waals surface area contributed by atoms with Crippen molar-refractivity contribution in [3.8, 4) is 5.75 Å². The molecule has 20 heavy (non-hydrogen) atoms. The highest BCUT2D eigenvalue weighted by Crippen LogP contribution is 2.30.